The summed E-state index contributed by atoms with van der Waals surface area (Å²) in [7, 11) is 0. The van der Waals surface area contributed by atoms with Gasteiger partial charge in [0.15, 0.2) is 0 Å². The summed E-state index contributed by atoms with van der Waals surface area (Å²) in [6, 6.07) is 13.9. The Morgan fingerprint density at radius 1 is 1.18 bits per heavy atom. The molecule has 0 saturated carbocycles. The van der Waals surface area contributed by atoms with Gasteiger partial charge < -0.3 is 14.8 Å². The van der Waals surface area contributed by atoms with Crippen molar-refractivity contribution in [3.05, 3.63) is 64.4 Å². The quantitative estimate of drug-likeness (QED) is 0.787. The van der Waals surface area contributed by atoms with E-state index >= 15 is 0 Å². The van der Waals surface area contributed by atoms with Gasteiger partial charge in [-0.15, -0.1) is 0 Å². The number of rotatable bonds is 6. The van der Waals surface area contributed by atoms with Gasteiger partial charge in [-0.1, -0.05) is 30.3 Å². The van der Waals surface area contributed by atoms with E-state index in [4.69, 9.17) is 9.47 Å². The topological polar surface area (TPSA) is 47.6 Å². The molecular weight excluding hydrogens is 353 g/mol. The lowest BCUT2D eigenvalue weighted by Crippen LogP contribution is -2.28. The van der Waals surface area contributed by atoms with E-state index in [9.17, 15) is 9.18 Å². The highest BCUT2D eigenvalue weighted by molar-refractivity contribution is 9.10. The Kier molecular flexibility index (Phi) is 6.21. The first kappa shape index (κ1) is 16.3. The third-order valence-corrected chi connectivity index (χ3v) is 3.39. The molecule has 0 bridgehead atoms. The Labute approximate surface area is 136 Å². The van der Waals surface area contributed by atoms with Crippen molar-refractivity contribution in [2.75, 3.05) is 13.2 Å². The van der Waals surface area contributed by atoms with Crippen LogP contribution in [0.25, 0.3) is 0 Å². The number of amides is 1. The molecule has 2 aromatic rings. The fourth-order valence-electron chi connectivity index (χ4n) is 1.66. The number of alkyl carbamates (subject to hydrolysis) is 1. The molecule has 0 heterocycles. The second-order valence-electron chi connectivity index (χ2n) is 4.41. The van der Waals surface area contributed by atoms with Gasteiger partial charge >= 0.3 is 6.09 Å². The summed E-state index contributed by atoms with van der Waals surface area (Å²) in [5.74, 6) is 0.00730. The molecule has 116 valence electrons. The number of halogens is 2. The summed E-state index contributed by atoms with van der Waals surface area (Å²) in [6.07, 6.45) is -0.519. The van der Waals surface area contributed by atoms with Crippen molar-refractivity contribution in [2.45, 2.75) is 6.61 Å². The maximum absolute atomic E-state index is 13.3. The smallest absolute Gasteiger partial charge is 0.407 e. The maximum Gasteiger partial charge on any atom is 0.407 e. The second kappa shape index (κ2) is 8.38. The highest BCUT2D eigenvalue weighted by Gasteiger charge is 2.03. The molecule has 0 aliphatic heterocycles. The molecule has 1 N–H and O–H groups in total. The summed E-state index contributed by atoms with van der Waals surface area (Å²) in [5.41, 5.74) is 0.916. The maximum atomic E-state index is 13.3. The van der Waals surface area contributed by atoms with Gasteiger partial charge in [0.1, 0.15) is 24.8 Å². The van der Waals surface area contributed by atoms with Gasteiger partial charge in [-0.3, -0.25) is 0 Å². The molecule has 1 amide bonds. The van der Waals surface area contributed by atoms with E-state index in [-0.39, 0.29) is 19.8 Å². The molecule has 0 unspecified atom stereocenters. The average molecular weight is 368 g/mol. The van der Waals surface area contributed by atoms with Gasteiger partial charge in [-0.2, -0.15) is 0 Å². The number of benzene rings is 2. The number of ether oxygens (including phenoxy) is 2. The van der Waals surface area contributed by atoms with Crippen LogP contribution in [0.1, 0.15) is 5.56 Å². The molecule has 0 atom stereocenters. The van der Waals surface area contributed by atoms with Crippen molar-refractivity contribution in [1.82, 2.24) is 5.32 Å². The van der Waals surface area contributed by atoms with Crippen molar-refractivity contribution in [3.8, 4) is 5.75 Å². The zero-order valence-corrected chi connectivity index (χ0v) is 13.3. The lowest BCUT2D eigenvalue weighted by atomic mass is 10.2. The highest BCUT2D eigenvalue weighted by Crippen LogP contribution is 2.20. The molecule has 0 aromatic heterocycles. The van der Waals surface area contributed by atoms with Crippen LogP contribution in [-0.4, -0.2) is 19.2 Å². The molecule has 0 radical (unpaired) electrons. The van der Waals surface area contributed by atoms with Crippen molar-refractivity contribution < 1.29 is 18.7 Å². The van der Waals surface area contributed by atoms with Gasteiger partial charge in [0.05, 0.1) is 11.0 Å². The normalized spacial score (nSPS) is 10.1. The van der Waals surface area contributed by atoms with E-state index in [2.05, 4.69) is 21.2 Å². The Hall–Kier alpha value is -2.08. The van der Waals surface area contributed by atoms with Crippen LogP contribution in [0.2, 0.25) is 0 Å². The van der Waals surface area contributed by atoms with E-state index in [1.54, 1.807) is 12.1 Å². The van der Waals surface area contributed by atoms with E-state index in [0.29, 0.717) is 10.2 Å². The third-order valence-electron chi connectivity index (χ3n) is 2.74. The Morgan fingerprint density at radius 3 is 2.68 bits per heavy atom. The van der Waals surface area contributed by atoms with Crippen LogP contribution in [0.15, 0.2) is 53.0 Å². The zero-order chi connectivity index (χ0) is 15.8. The Bertz CT molecular complexity index is 622. The monoisotopic (exact) mass is 367 g/mol. The molecule has 0 saturated heterocycles. The van der Waals surface area contributed by atoms with Crippen LogP contribution in [0.5, 0.6) is 5.75 Å². The summed E-state index contributed by atoms with van der Waals surface area (Å²) in [4.78, 5) is 11.5. The largest absolute Gasteiger partial charge is 0.492 e. The predicted molar refractivity (Wildman–Crippen MR) is 84.2 cm³/mol. The SMILES string of the molecule is O=C(NCCOc1ccc(Br)c(F)c1)OCc1ccccc1. The molecule has 6 heteroatoms. The van der Waals surface area contributed by atoms with Gasteiger partial charge in [0, 0.05) is 6.07 Å². The van der Waals surface area contributed by atoms with Crippen LogP contribution in [0.3, 0.4) is 0 Å². The van der Waals surface area contributed by atoms with E-state index in [1.165, 1.54) is 6.07 Å². The molecule has 4 nitrogen and oxygen atoms in total. The molecule has 0 aliphatic rings. The van der Waals surface area contributed by atoms with E-state index < -0.39 is 11.9 Å². The molecule has 0 spiro atoms. The molecule has 0 aliphatic carbocycles. The number of carbonyl (C=O) groups excluding carboxylic acids is 1. The van der Waals surface area contributed by atoms with Gasteiger partial charge in [-0.25, -0.2) is 9.18 Å². The summed E-state index contributed by atoms with van der Waals surface area (Å²) in [6.45, 7) is 0.707. The summed E-state index contributed by atoms with van der Waals surface area (Å²) < 4.78 is 24.0. The first-order valence-corrected chi connectivity index (χ1v) is 7.47. The van der Waals surface area contributed by atoms with Crippen LogP contribution in [0, 0.1) is 5.82 Å². The second-order valence-corrected chi connectivity index (χ2v) is 5.27. The van der Waals surface area contributed by atoms with Crippen LogP contribution in [0.4, 0.5) is 9.18 Å². The average Bonchev–Trinajstić information content (AvgIpc) is 2.54. The third kappa shape index (κ3) is 5.37. The fraction of sp³-hybridized carbons (Fsp3) is 0.188. The standard InChI is InChI=1S/C16H15BrFNO3/c17-14-7-6-13(10-15(14)18)21-9-8-19-16(20)22-11-12-4-2-1-3-5-12/h1-7,10H,8-9,11H2,(H,19,20). The first-order chi connectivity index (χ1) is 10.6. The van der Waals surface area contributed by atoms with Crippen LogP contribution < -0.4 is 10.1 Å². The van der Waals surface area contributed by atoms with Crippen molar-refractivity contribution in [2.24, 2.45) is 0 Å². The van der Waals surface area contributed by atoms with Crippen molar-refractivity contribution >= 4 is 22.0 Å². The van der Waals surface area contributed by atoms with Crippen LogP contribution >= 0.6 is 15.9 Å². The molecule has 2 rings (SSSR count). The van der Waals surface area contributed by atoms with Crippen LogP contribution in [-0.2, 0) is 11.3 Å². The van der Waals surface area contributed by atoms with Gasteiger partial charge in [-0.05, 0) is 33.6 Å². The highest BCUT2D eigenvalue weighted by atomic mass is 79.9. The molecular formula is C16H15BrFNO3. The molecule has 22 heavy (non-hydrogen) atoms. The number of carbonyl (C=O) groups is 1. The fourth-order valence-corrected chi connectivity index (χ4v) is 1.91. The molecule has 0 fully saturated rings. The molecule has 2 aromatic carbocycles. The number of hydrogen-bond acceptors (Lipinski definition) is 3. The Balaban J connectivity index is 1.63. The van der Waals surface area contributed by atoms with E-state index in [0.717, 1.165) is 5.56 Å². The minimum absolute atomic E-state index is 0.214. The lowest BCUT2D eigenvalue weighted by molar-refractivity contribution is 0.137. The number of nitrogens with one attached hydrogen (secondary N) is 1. The minimum Gasteiger partial charge on any atom is -0.492 e. The zero-order valence-electron chi connectivity index (χ0n) is 11.7. The number of hydrogen-bond donors (Lipinski definition) is 1. The lowest BCUT2D eigenvalue weighted by Gasteiger charge is -2.09. The summed E-state index contributed by atoms with van der Waals surface area (Å²) >= 11 is 3.06. The minimum atomic E-state index is -0.519. The van der Waals surface area contributed by atoms with Crippen molar-refractivity contribution in [3.63, 3.8) is 0 Å². The predicted octanol–water partition coefficient (Wildman–Crippen LogP) is 3.89. The van der Waals surface area contributed by atoms with Gasteiger partial charge in [0.25, 0.3) is 0 Å². The van der Waals surface area contributed by atoms with E-state index in [1.807, 2.05) is 30.3 Å². The van der Waals surface area contributed by atoms with Crippen molar-refractivity contribution in [1.29, 1.82) is 0 Å². The first-order valence-electron chi connectivity index (χ1n) is 6.67. The Morgan fingerprint density at radius 2 is 1.95 bits per heavy atom. The summed E-state index contributed by atoms with van der Waals surface area (Å²) in [5, 5.41) is 2.56. The van der Waals surface area contributed by atoms with Gasteiger partial charge in [0.2, 0.25) is 0 Å².